The SMILES string of the molecule is O=C1NCCN(Cc2cccc(F)c2F)[C@@H]1CC(=O)N1CCC(Cc2ccccc2)CC1. The standard InChI is InChI=1S/C25H29F2N3O2/c26-21-8-4-7-20(24(21)27)17-30-14-11-28-25(32)22(30)16-23(31)29-12-9-19(10-13-29)15-18-5-2-1-3-6-18/h1-8,19,22H,9-17H2,(H,28,32)/t22-/m1/s1. The second kappa shape index (κ2) is 10.2. The van der Waals surface area contributed by atoms with Crippen molar-refractivity contribution in [1.82, 2.24) is 15.1 Å². The quantitative estimate of drug-likeness (QED) is 0.750. The number of carbonyl (C=O) groups is 2. The van der Waals surface area contributed by atoms with E-state index in [1.165, 1.54) is 17.7 Å². The van der Waals surface area contributed by atoms with Gasteiger partial charge in [0.15, 0.2) is 11.6 Å². The van der Waals surface area contributed by atoms with Gasteiger partial charge in [-0.15, -0.1) is 0 Å². The Morgan fingerprint density at radius 2 is 1.75 bits per heavy atom. The van der Waals surface area contributed by atoms with E-state index in [0.29, 0.717) is 32.1 Å². The third-order valence-corrected chi connectivity index (χ3v) is 6.55. The summed E-state index contributed by atoms with van der Waals surface area (Å²) in [6, 6.07) is 13.7. The fourth-order valence-electron chi connectivity index (χ4n) is 4.69. The number of nitrogens with one attached hydrogen (secondary N) is 1. The Bertz CT molecular complexity index is 945. The number of piperazine rings is 1. The highest BCUT2D eigenvalue weighted by molar-refractivity contribution is 5.88. The van der Waals surface area contributed by atoms with Gasteiger partial charge in [-0.3, -0.25) is 14.5 Å². The molecule has 0 radical (unpaired) electrons. The first-order valence-corrected chi connectivity index (χ1v) is 11.3. The summed E-state index contributed by atoms with van der Waals surface area (Å²) in [5.41, 5.74) is 1.51. The molecule has 4 rings (SSSR count). The van der Waals surface area contributed by atoms with Gasteiger partial charge >= 0.3 is 0 Å². The molecule has 5 nitrogen and oxygen atoms in total. The van der Waals surface area contributed by atoms with Crippen LogP contribution in [0.25, 0.3) is 0 Å². The second-order valence-electron chi connectivity index (χ2n) is 8.71. The van der Waals surface area contributed by atoms with Crippen molar-refractivity contribution in [3.05, 3.63) is 71.3 Å². The van der Waals surface area contributed by atoms with Crippen molar-refractivity contribution in [3.63, 3.8) is 0 Å². The summed E-state index contributed by atoms with van der Waals surface area (Å²) in [5.74, 6) is -1.55. The van der Waals surface area contributed by atoms with Crippen LogP contribution in [-0.4, -0.2) is 53.8 Å². The van der Waals surface area contributed by atoms with E-state index < -0.39 is 17.7 Å². The van der Waals surface area contributed by atoms with Crippen molar-refractivity contribution in [2.45, 2.75) is 38.3 Å². The molecule has 0 spiro atoms. The Balaban J connectivity index is 1.34. The molecule has 2 aliphatic rings. The number of halogens is 2. The van der Waals surface area contributed by atoms with Gasteiger partial charge in [-0.05, 0) is 36.8 Å². The topological polar surface area (TPSA) is 52.7 Å². The number of hydrogen-bond acceptors (Lipinski definition) is 3. The first-order valence-electron chi connectivity index (χ1n) is 11.3. The molecule has 0 saturated carbocycles. The summed E-state index contributed by atoms with van der Waals surface area (Å²) < 4.78 is 27.7. The van der Waals surface area contributed by atoms with Gasteiger partial charge in [0.25, 0.3) is 0 Å². The van der Waals surface area contributed by atoms with E-state index in [2.05, 4.69) is 17.4 Å². The zero-order valence-electron chi connectivity index (χ0n) is 18.1. The molecule has 0 aliphatic carbocycles. The van der Waals surface area contributed by atoms with Crippen LogP contribution >= 0.6 is 0 Å². The summed E-state index contributed by atoms with van der Waals surface area (Å²) in [5, 5.41) is 2.80. The minimum absolute atomic E-state index is 0.0477. The third kappa shape index (κ3) is 5.33. The lowest BCUT2D eigenvalue weighted by Gasteiger charge is -2.37. The van der Waals surface area contributed by atoms with E-state index in [1.807, 2.05) is 23.1 Å². The molecule has 32 heavy (non-hydrogen) atoms. The minimum Gasteiger partial charge on any atom is -0.353 e. The van der Waals surface area contributed by atoms with Gasteiger partial charge < -0.3 is 10.2 Å². The molecular formula is C25H29F2N3O2. The van der Waals surface area contributed by atoms with E-state index >= 15 is 0 Å². The maximum absolute atomic E-state index is 14.1. The molecule has 2 aromatic rings. The number of amides is 2. The smallest absolute Gasteiger partial charge is 0.237 e. The Morgan fingerprint density at radius 3 is 2.50 bits per heavy atom. The number of rotatable bonds is 6. The van der Waals surface area contributed by atoms with Gasteiger partial charge in [0, 0.05) is 38.3 Å². The van der Waals surface area contributed by atoms with E-state index in [4.69, 9.17) is 0 Å². The zero-order valence-corrected chi connectivity index (χ0v) is 18.1. The highest BCUT2D eigenvalue weighted by Crippen LogP contribution is 2.24. The van der Waals surface area contributed by atoms with Crippen LogP contribution in [0.1, 0.15) is 30.4 Å². The predicted octanol–water partition coefficient (Wildman–Crippen LogP) is 3.14. The molecule has 2 saturated heterocycles. The average molecular weight is 442 g/mol. The van der Waals surface area contributed by atoms with Crippen molar-refractivity contribution >= 4 is 11.8 Å². The van der Waals surface area contributed by atoms with Gasteiger partial charge in [-0.1, -0.05) is 42.5 Å². The maximum atomic E-state index is 14.1. The zero-order chi connectivity index (χ0) is 22.5. The molecule has 2 heterocycles. The largest absolute Gasteiger partial charge is 0.353 e. The van der Waals surface area contributed by atoms with Crippen LogP contribution in [0.5, 0.6) is 0 Å². The fraction of sp³-hybridized carbons (Fsp3) is 0.440. The molecule has 1 atom stereocenters. The molecule has 1 N–H and O–H groups in total. The molecule has 0 aromatic heterocycles. The van der Waals surface area contributed by atoms with Crippen molar-refractivity contribution in [2.75, 3.05) is 26.2 Å². The van der Waals surface area contributed by atoms with E-state index in [1.54, 1.807) is 4.90 Å². The molecule has 7 heteroatoms. The normalized spacial score (nSPS) is 20.2. The molecule has 2 aromatic carbocycles. The van der Waals surface area contributed by atoms with E-state index in [9.17, 15) is 18.4 Å². The van der Waals surface area contributed by atoms with Crippen LogP contribution < -0.4 is 5.32 Å². The lowest BCUT2D eigenvalue weighted by molar-refractivity contribution is -0.140. The number of carbonyl (C=O) groups excluding carboxylic acids is 2. The lowest BCUT2D eigenvalue weighted by atomic mass is 9.90. The number of nitrogens with zero attached hydrogens (tertiary/aromatic N) is 2. The highest BCUT2D eigenvalue weighted by atomic mass is 19.2. The number of piperidine rings is 1. The summed E-state index contributed by atoms with van der Waals surface area (Å²) in [4.78, 5) is 29.1. The first-order chi connectivity index (χ1) is 15.5. The van der Waals surface area contributed by atoms with Crippen LogP contribution in [0.4, 0.5) is 8.78 Å². The summed E-state index contributed by atoms with van der Waals surface area (Å²) in [6.07, 6.45) is 2.94. The summed E-state index contributed by atoms with van der Waals surface area (Å²) in [7, 11) is 0. The fourth-order valence-corrected chi connectivity index (χ4v) is 4.69. The van der Waals surface area contributed by atoms with Crippen molar-refractivity contribution in [3.8, 4) is 0 Å². The molecule has 0 bridgehead atoms. The van der Waals surface area contributed by atoms with Crippen molar-refractivity contribution < 1.29 is 18.4 Å². The number of likely N-dealkylation sites (tertiary alicyclic amines) is 1. The monoisotopic (exact) mass is 441 g/mol. The van der Waals surface area contributed by atoms with Crippen molar-refractivity contribution in [2.24, 2.45) is 5.92 Å². The third-order valence-electron chi connectivity index (χ3n) is 6.55. The molecule has 170 valence electrons. The number of benzene rings is 2. The van der Waals surface area contributed by atoms with Crippen LogP contribution in [0.3, 0.4) is 0 Å². The first kappa shape index (κ1) is 22.4. The van der Waals surface area contributed by atoms with Gasteiger partial charge in [0.05, 0.1) is 12.5 Å². The van der Waals surface area contributed by atoms with E-state index in [-0.39, 0.29) is 30.3 Å². The molecule has 2 amide bonds. The van der Waals surface area contributed by atoms with Gasteiger partial charge in [0.2, 0.25) is 11.8 Å². The van der Waals surface area contributed by atoms with Crippen LogP contribution in [-0.2, 0) is 22.6 Å². The maximum Gasteiger partial charge on any atom is 0.237 e. The molecule has 0 unspecified atom stereocenters. The Hall–Kier alpha value is -2.80. The Morgan fingerprint density at radius 1 is 1.00 bits per heavy atom. The predicted molar refractivity (Wildman–Crippen MR) is 118 cm³/mol. The minimum atomic E-state index is -0.907. The number of hydrogen-bond donors (Lipinski definition) is 1. The summed E-state index contributed by atoms with van der Waals surface area (Å²) in [6.45, 7) is 2.37. The Labute approximate surface area is 187 Å². The van der Waals surface area contributed by atoms with Gasteiger partial charge in [0.1, 0.15) is 0 Å². The van der Waals surface area contributed by atoms with E-state index in [0.717, 1.165) is 25.3 Å². The highest BCUT2D eigenvalue weighted by Gasteiger charge is 2.34. The molecular weight excluding hydrogens is 412 g/mol. The van der Waals surface area contributed by atoms with Gasteiger partial charge in [-0.2, -0.15) is 0 Å². The second-order valence-corrected chi connectivity index (χ2v) is 8.71. The van der Waals surface area contributed by atoms with Crippen LogP contribution in [0.15, 0.2) is 48.5 Å². The van der Waals surface area contributed by atoms with Gasteiger partial charge in [-0.25, -0.2) is 8.78 Å². The summed E-state index contributed by atoms with van der Waals surface area (Å²) >= 11 is 0. The lowest BCUT2D eigenvalue weighted by Crippen LogP contribution is -2.56. The average Bonchev–Trinajstić information content (AvgIpc) is 2.80. The van der Waals surface area contributed by atoms with Crippen LogP contribution in [0.2, 0.25) is 0 Å². The Kier molecular flexibility index (Phi) is 7.15. The molecule has 2 fully saturated rings. The van der Waals surface area contributed by atoms with Crippen molar-refractivity contribution in [1.29, 1.82) is 0 Å². The van der Waals surface area contributed by atoms with Crippen LogP contribution in [0, 0.1) is 17.6 Å². The molecule has 2 aliphatic heterocycles.